The van der Waals surface area contributed by atoms with E-state index in [4.69, 9.17) is 0 Å². The summed E-state index contributed by atoms with van der Waals surface area (Å²) in [6.07, 6.45) is 0.966. The fraction of sp³-hybridized carbons (Fsp3) is 0.647. The number of sulfonamides is 1. The zero-order valence-electron chi connectivity index (χ0n) is 14.4. The summed E-state index contributed by atoms with van der Waals surface area (Å²) in [7, 11) is -3.20. The van der Waals surface area contributed by atoms with E-state index in [0.717, 1.165) is 31.6 Å². The van der Waals surface area contributed by atoms with Crippen molar-refractivity contribution in [2.24, 2.45) is 5.92 Å². The van der Waals surface area contributed by atoms with Gasteiger partial charge in [-0.25, -0.2) is 17.5 Å². The molecule has 1 aromatic carbocycles. The monoisotopic (exact) mass is 342 g/mol. The van der Waals surface area contributed by atoms with Gasteiger partial charge in [0.05, 0.1) is 5.25 Å². The molecule has 4 nitrogen and oxygen atoms in total. The van der Waals surface area contributed by atoms with Gasteiger partial charge < -0.3 is 0 Å². The highest BCUT2D eigenvalue weighted by Gasteiger charge is 2.25. The highest BCUT2D eigenvalue weighted by atomic mass is 32.2. The molecule has 1 heterocycles. The van der Waals surface area contributed by atoms with Crippen molar-refractivity contribution >= 4 is 10.0 Å². The van der Waals surface area contributed by atoms with Gasteiger partial charge in [0, 0.05) is 19.6 Å². The number of hydrogen-bond acceptors (Lipinski definition) is 3. The SMILES string of the molecule is Cc1ccc(CN2CC[C@@H](CNS(=O)(=O)C(C)C)C2)c(C)c1F. The maximum absolute atomic E-state index is 14.0. The molecule has 1 aliphatic heterocycles. The van der Waals surface area contributed by atoms with Gasteiger partial charge in [0.25, 0.3) is 0 Å². The molecular weight excluding hydrogens is 315 g/mol. The number of nitrogens with zero attached hydrogens (tertiary/aromatic N) is 1. The van der Waals surface area contributed by atoms with Crippen molar-refractivity contribution in [3.8, 4) is 0 Å². The van der Waals surface area contributed by atoms with Crippen molar-refractivity contribution < 1.29 is 12.8 Å². The summed E-state index contributed by atoms with van der Waals surface area (Å²) in [6.45, 7) is 9.92. The van der Waals surface area contributed by atoms with Gasteiger partial charge >= 0.3 is 0 Å². The average molecular weight is 342 g/mol. The van der Waals surface area contributed by atoms with Crippen LogP contribution in [0.3, 0.4) is 0 Å². The number of rotatable bonds is 6. The van der Waals surface area contributed by atoms with Gasteiger partial charge in [-0.2, -0.15) is 0 Å². The Morgan fingerprint density at radius 1 is 1.35 bits per heavy atom. The van der Waals surface area contributed by atoms with Gasteiger partial charge in [0.1, 0.15) is 5.82 Å². The molecule has 2 rings (SSSR count). The van der Waals surface area contributed by atoms with Gasteiger partial charge in [-0.15, -0.1) is 0 Å². The van der Waals surface area contributed by atoms with Crippen LogP contribution in [-0.4, -0.2) is 38.2 Å². The Hall–Kier alpha value is -0.980. The Balaban J connectivity index is 1.90. The number of benzene rings is 1. The molecule has 0 amide bonds. The molecule has 0 unspecified atom stereocenters. The predicted octanol–water partition coefficient (Wildman–Crippen LogP) is 2.59. The van der Waals surface area contributed by atoms with E-state index in [9.17, 15) is 12.8 Å². The number of nitrogens with one attached hydrogen (secondary N) is 1. The van der Waals surface area contributed by atoms with E-state index in [0.29, 0.717) is 23.6 Å². The topological polar surface area (TPSA) is 49.4 Å². The molecule has 0 bridgehead atoms. The van der Waals surface area contributed by atoms with Crippen LogP contribution in [-0.2, 0) is 16.6 Å². The van der Waals surface area contributed by atoms with Crippen LogP contribution in [0, 0.1) is 25.6 Å². The second-order valence-corrected chi connectivity index (χ2v) is 9.13. The molecule has 1 N–H and O–H groups in total. The summed E-state index contributed by atoms with van der Waals surface area (Å²) in [5.74, 6) is 0.196. The zero-order valence-corrected chi connectivity index (χ0v) is 15.2. The molecule has 0 aromatic heterocycles. The van der Waals surface area contributed by atoms with Crippen molar-refractivity contribution in [3.05, 3.63) is 34.6 Å². The van der Waals surface area contributed by atoms with Crippen molar-refractivity contribution in [1.82, 2.24) is 9.62 Å². The van der Waals surface area contributed by atoms with Crippen LogP contribution in [0.15, 0.2) is 12.1 Å². The van der Waals surface area contributed by atoms with Crippen molar-refractivity contribution in [2.75, 3.05) is 19.6 Å². The summed E-state index contributed by atoms with van der Waals surface area (Å²) in [6, 6.07) is 3.81. The molecule has 23 heavy (non-hydrogen) atoms. The van der Waals surface area contributed by atoms with Crippen LogP contribution in [0.1, 0.15) is 37.0 Å². The van der Waals surface area contributed by atoms with Crippen molar-refractivity contribution in [2.45, 2.75) is 45.9 Å². The van der Waals surface area contributed by atoms with E-state index in [1.54, 1.807) is 20.8 Å². The highest BCUT2D eigenvalue weighted by molar-refractivity contribution is 7.90. The van der Waals surface area contributed by atoms with Crippen LogP contribution in [0.2, 0.25) is 0 Å². The molecule has 0 spiro atoms. The number of likely N-dealkylation sites (tertiary alicyclic amines) is 1. The van der Waals surface area contributed by atoms with E-state index < -0.39 is 15.3 Å². The largest absolute Gasteiger partial charge is 0.299 e. The second kappa shape index (κ2) is 7.28. The molecule has 130 valence electrons. The molecule has 1 fully saturated rings. The van der Waals surface area contributed by atoms with Crippen LogP contribution in [0.25, 0.3) is 0 Å². The molecule has 0 radical (unpaired) electrons. The summed E-state index contributed by atoms with van der Waals surface area (Å²) in [5.41, 5.74) is 2.40. The summed E-state index contributed by atoms with van der Waals surface area (Å²) in [5, 5.41) is -0.404. The normalized spacial score (nSPS) is 19.7. The molecule has 0 saturated carbocycles. The van der Waals surface area contributed by atoms with Crippen molar-refractivity contribution in [3.63, 3.8) is 0 Å². The quantitative estimate of drug-likeness (QED) is 0.864. The minimum atomic E-state index is -3.20. The van der Waals surface area contributed by atoms with Gasteiger partial charge in [0.2, 0.25) is 10.0 Å². The molecule has 6 heteroatoms. The first-order chi connectivity index (χ1) is 10.7. The van der Waals surface area contributed by atoms with E-state index in [-0.39, 0.29) is 5.82 Å². The fourth-order valence-electron chi connectivity index (χ4n) is 2.90. The first-order valence-corrected chi connectivity index (χ1v) is 9.70. The fourth-order valence-corrected chi connectivity index (χ4v) is 3.70. The minimum Gasteiger partial charge on any atom is -0.299 e. The molecular formula is C17H27FN2O2S. The first kappa shape index (κ1) is 18.4. The highest BCUT2D eigenvalue weighted by Crippen LogP contribution is 2.22. The van der Waals surface area contributed by atoms with Crippen LogP contribution in [0.5, 0.6) is 0 Å². The lowest BCUT2D eigenvalue weighted by Gasteiger charge is -2.19. The lowest BCUT2D eigenvalue weighted by Crippen LogP contribution is -2.35. The summed E-state index contributed by atoms with van der Waals surface area (Å²) < 4.78 is 40.3. The van der Waals surface area contributed by atoms with Gasteiger partial charge in [0.15, 0.2) is 0 Å². The zero-order chi connectivity index (χ0) is 17.2. The molecule has 0 aliphatic carbocycles. The third-order valence-corrected chi connectivity index (χ3v) is 6.46. The maximum atomic E-state index is 14.0. The molecule has 1 aromatic rings. The van der Waals surface area contributed by atoms with E-state index in [1.807, 2.05) is 19.1 Å². The van der Waals surface area contributed by atoms with E-state index in [1.165, 1.54) is 0 Å². The van der Waals surface area contributed by atoms with Gasteiger partial charge in [-0.05, 0) is 63.3 Å². The smallest absolute Gasteiger partial charge is 0.213 e. The third-order valence-electron chi connectivity index (χ3n) is 4.65. The van der Waals surface area contributed by atoms with Gasteiger partial charge in [-0.1, -0.05) is 12.1 Å². The average Bonchev–Trinajstić information content (AvgIpc) is 2.93. The lowest BCUT2D eigenvalue weighted by molar-refractivity contribution is 0.315. The Morgan fingerprint density at radius 2 is 2.04 bits per heavy atom. The molecule has 1 atom stereocenters. The number of aryl methyl sites for hydroxylation is 1. The summed E-state index contributed by atoms with van der Waals surface area (Å²) >= 11 is 0. The maximum Gasteiger partial charge on any atom is 0.213 e. The van der Waals surface area contributed by atoms with Gasteiger partial charge in [-0.3, -0.25) is 4.90 Å². The Morgan fingerprint density at radius 3 is 2.70 bits per heavy atom. The number of halogens is 1. The summed E-state index contributed by atoms with van der Waals surface area (Å²) in [4.78, 5) is 2.27. The molecule has 1 aliphatic rings. The third kappa shape index (κ3) is 4.52. The first-order valence-electron chi connectivity index (χ1n) is 8.16. The predicted molar refractivity (Wildman–Crippen MR) is 91.3 cm³/mol. The van der Waals surface area contributed by atoms with Crippen LogP contribution in [0.4, 0.5) is 4.39 Å². The Kier molecular flexibility index (Phi) is 5.81. The Bertz CT molecular complexity index is 659. The van der Waals surface area contributed by atoms with Crippen molar-refractivity contribution in [1.29, 1.82) is 0 Å². The van der Waals surface area contributed by atoms with E-state index in [2.05, 4.69) is 9.62 Å². The van der Waals surface area contributed by atoms with Crippen LogP contribution < -0.4 is 4.72 Å². The number of hydrogen-bond donors (Lipinski definition) is 1. The molecule has 1 saturated heterocycles. The van der Waals surface area contributed by atoms with Crippen LogP contribution >= 0.6 is 0 Å². The Labute approximate surface area is 139 Å². The minimum absolute atomic E-state index is 0.122. The lowest BCUT2D eigenvalue weighted by atomic mass is 10.0. The van der Waals surface area contributed by atoms with E-state index >= 15 is 0 Å². The second-order valence-electron chi connectivity index (χ2n) is 6.81. The standard InChI is InChI=1S/C17H27FN2O2S/c1-12(2)23(21,22)19-9-15-7-8-20(10-15)11-16-6-5-13(3)17(18)14(16)4/h5-6,12,15,19H,7-11H2,1-4H3/t15-/m0/s1.